The van der Waals surface area contributed by atoms with Crippen LogP contribution in [0.3, 0.4) is 0 Å². The quantitative estimate of drug-likeness (QED) is 0.628. The summed E-state index contributed by atoms with van der Waals surface area (Å²) in [6.45, 7) is 7.58. The van der Waals surface area contributed by atoms with Crippen molar-refractivity contribution < 1.29 is 21.9 Å². The zero-order chi connectivity index (χ0) is 20.5. The summed E-state index contributed by atoms with van der Waals surface area (Å²) in [5, 5.41) is 3.47. The molecule has 6 nitrogen and oxygen atoms in total. The zero-order valence-electron chi connectivity index (χ0n) is 17.9. The fourth-order valence-corrected chi connectivity index (χ4v) is 3.11. The lowest BCUT2D eigenvalue weighted by molar-refractivity contribution is -0.00000719. The van der Waals surface area contributed by atoms with Crippen molar-refractivity contribution in [1.29, 1.82) is 0 Å². The number of hydrogen-bond acceptors (Lipinski definition) is 4. The fraction of sp³-hybridized carbons (Fsp3) is 0.409. The summed E-state index contributed by atoms with van der Waals surface area (Å²) in [7, 11) is 5.21. The highest BCUT2D eigenvalue weighted by atomic mass is 35.5. The topological polar surface area (TPSA) is 57.4 Å². The number of nitrogens with one attached hydrogen (secondary N) is 1. The molecule has 0 radical (unpaired) electrons. The summed E-state index contributed by atoms with van der Waals surface area (Å²) in [5.41, 5.74) is 3.95. The minimum absolute atomic E-state index is 0. The molecule has 7 heteroatoms. The Morgan fingerprint density at radius 1 is 0.931 bits per heavy atom. The maximum absolute atomic E-state index is 12.1. The number of nitrogens with zero attached hydrogens (tertiary/aromatic N) is 2. The molecule has 0 saturated carbocycles. The number of rotatable bonds is 6. The van der Waals surface area contributed by atoms with E-state index in [0.717, 1.165) is 28.7 Å². The first-order valence-electron chi connectivity index (χ1n) is 9.38. The third kappa shape index (κ3) is 5.14. The van der Waals surface area contributed by atoms with Gasteiger partial charge in [-0.2, -0.15) is 0 Å². The van der Waals surface area contributed by atoms with E-state index in [9.17, 15) is 4.79 Å². The molecule has 0 unspecified atom stereocenters. The van der Waals surface area contributed by atoms with Crippen LogP contribution >= 0.6 is 0 Å². The van der Waals surface area contributed by atoms with E-state index in [2.05, 4.69) is 26.1 Å². The number of methoxy groups -OCH3 is 1. The van der Waals surface area contributed by atoms with E-state index in [-0.39, 0.29) is 23.6 Å². The van der Waals surface area contributed by atoms with Gasteiger partial charge >= 0.3 is 5.69 Å². The van der Waals surface area contributed by atoms with Crippen molar-refractivity contribution in [3.8, 4) is 11.5 Å². The minimum Gasteiger partial charge on any atom is -1.00 e. The Hall–Kier alpha value is -2.44. The fourth-order valence-electron chi connectivity index (χ4n) is 3.11. The maximum Gasteiger partial charge on any atom is 0.328 e. The normalized spacial score (nSPS) is 11.4. The number of aryl methyl sites for hydroxylation is 2. The van der Waals surface area contributed by atoms with Gasteiger partial charge < -0.3 is 27.2 Å². The Labute approximate surface area is 177 Å². The first-order chi connectivity index (χ1) is 13.2. The van der Waals surface area contributed by atoms with Gasteiger partial charge in [-0.1, -0.05) is 12.1 Å². The SMILES string of the molecule is COc1cc(CNC(C)(C)C)ccc1OCc1ccc2c(c1)n(C)c(=O)n2C.[Cl-]. The standard InChI is InChI=1S/C22H29N3O3.ClH/c1-22(2,3)23-13-15-8-10-19(20(12-15)27-6)28-14-16-7-9-17-18(11-16)25(5)21(26)24(17)4;/h7-12,23H,13-14H2,1-6H3;1H/p-1. The summed E-state index contributed by atoms with van der Waals surface area (Å²) in [4.78, 5) is 12.1. The van der Waals surface area contributed by atoms with Crippen LogP contribution in [0.1, 0.15) is 31.9 Å². The summed E-state index contributed by atoms with van der Waals surface area (Å²) in [6.07, 6.45) is 0. The van der Waals surface area contributed by atoms with E-state index < -0.39 is 0 Å². The van der Waals surface area contributed by atoms with Gasteiger partial charge in [0.1, 0.15) is 6.61 Å². The van der Waals surface area contributed by atoms with Crippen molar-refractivity contribution >= 4 is 11.0 Å². The molecule has 0 bridgehead atoms. The summed E-state index contributed by atoms with van der Waals surface area (Å²) in [6, 6.07) is 11.9. The molecular formula is C22H29ClN3O3-. The van der Waals surface area contributed by atoms with Crippen molar-refractivity contribution in [3.05, 3.63) is 58.0 Å². The number of fused-ring (bicyclic) bond motifs is 1. The second-order valence-electron chi connectivity index (χ2n) is 8.10. The molecule has 2 aromatic carbocycles. The van der Waals surface area contributed by atoms with Crippen LogP contribution in [-0.4, -0.2) is 21.8 Å². The molecule has 0 aliphatic rings. The van der Waals surface area contributed by atoms with Crippen LogP contribution in [0.4, 0.5) is 0 Å². The molecular weight excluding hydrogens is 390 g/mol. The Balaban J connectivity index is 0.00000300. The molecule has 1 N–H and O–H groups in total. The molecule has 1 heterocycles. The first kappa shape index (κ1) is 22.8. The first-order valence-corrected chi connectivity index (χ1v) is 9.38. The van der Waals surface area contributed by atoms with Gasteiger partial charge in [0.2, 0.25) is 0 Å². The molecule has 29 heavy (non-hydrogen) atoms. The molecule has 0 fully saturated rings. The zero-order valence-corrected chi connectivity index (χ0v) is 18.6. The summed E-state index contributed by atoms with van der Waals surface area (Å²) >= 11 is 0. The minimum atomic E-state index is -0.0332. The molecule has 3 rings (SSSR count). The Morgan fingerprint density at radius 2 is 1.59 bits per heavy atom. The average molecular weight is 419 g/mol. The van der Waals surface area contributed by atoms with Crippen LogP contribution < -0.4 is 32.9 Å². The molecule has 0 spiro atoms. The Bertz CT molecular complexity index is 1050. The average Bonchev–Trinajstić information content (AvgIpc) is 2.88. The van der Waals surface area contributed by atoms with Gasteiger partial charge in [0.15, 0.2) is 11.5 Å². The third-order valence-corrected chi connectivity index (χ3v) is 4.78. The van der Waals surface area contributed by atoms with Gasteiger partial charge in [0.05, 0.1) is 18.1 Å². The lowest BCUT2D eigenvalue weighted by Crippen LogP contribution is -3.00. The van der Waals surface area contributed by atoms with Crippen LogP contribution in [0.15, 0.2) is 41.2 Å². The van der Waals surface area contributed by atoms with Crippen LogP contribution in [0.2, 0.25) is 0 Å². The van der Waals surface area contributed by atoms with E-state index in [1.54, 1.807) is 30.3 Å². The number of hydrogen-bond donors (Lipinski definition) is 1. The van der Waals surface area contributed by atoms with E-state index in [0.29, 0.717) is 18.1 Å². The van der Waals surface area contributed by atoms with Crippen LogP contribution in [0.25, 0.3) is 11.0 Å². The van der Waals surface area contributed by atoms with E-state index in [1.165, 1.54) is 0 Å². The lowest BCUT2D eigenvalue weighted by atomic mass is 10.1. The maximum atomic E-state index is 12.1. The van der Waals surface area contributed by atoms with Gasteiger partial charge in [-0.25, -0.2) is 4.79 Å². The number of ether oxygens (including phenoxy) is 2. The van der Waals surface area contributed by atoms with E-state index in [1.807, 2.05) is 36.4 Å². The predicted octanol–water partition coefficient (Wildman–Crippen LogP) is 0.357. The Kier molecular flexibility index (Phi) is 7.03. The van der Waals surface area contributed by atoms with Gasteiger partial charge in [-0.3, -0.25) is 9.13 Å². The van der Waals surface area contributed by atoms with E-state index in [4.69, 9.17) is 9.47 Å². The number of halogens is 1. The molecule has 0 amide bonds. The molecule has 0 atom stereocenters. The van der Waals surface area contributed by atoms with Crippen molar-refractivity contribution in [3.63, 3.8) is 0 Å². The monoisotopic (exact) mass is 418 g/mol. The largest absolute Gasteiger partial charge is 1.00 e. The number of imidazole rings is 1. The van der Waals surface area contributed by atoms with Gasteiger partial charge in [0, 0.05) is 26.2 Å². The molecule has 0 aliphatic heterocycles. The second kappa shape index (κ2) is 8.93. The van der Waals surface area contributed by atoms with Crippen LogP contribution in [-0.2, 0) is 27.2 Å². The van der Waals surface area contributed by atoms with Crippen molar-refractivity contribution in [2.75, 3.05) is 7.11 Å². The molecule has 1 aromatic heterocycles. The van der Waals surface area contributed by atoms with Gasteiger partial charge in [-0.05, 0) is 56.2 Å². The number of aromatic nitrogens is 2. The van der Waals surface area contributed by atoms with Crippen molar-refractivity contribution in [1.82, 2.24) is 14.5 Å². The third-order valence-electron chi connectivity index (χ3n) is 4.78. The van der Waals surface area contributed by atoms with E-state index >= 15 is 0 Å². The predicted molar refractivity (Wildman–Crippen MR) is 112 cm³/mol. The molecule has 0 saturated heterocycles. The lowest BCUT2D eigenvalue weighted by Gasteiger charge is -2.21. The summed E-state index contributed by atoms with van der Waals surface area (Å²) < 4.78 is 14.8. The van der Waals surface area contributed by atoms with Gasteiger partial charge in [0.25, 0.3) is 0 Å². The smallest absolute Gasteiger partial charge is 0.328 e. The molecule has 158 valence electrons. The highest BCUT2D eigenvalue weighted by Gasteiger charge is 2.12. The summed E-state index contributed by atoms with van der Waals surface area (Å²) in [5.74, 6) is 1.41. The van der Waals surface area contributed by atoms with Crippen LogP contribution in [0, 0.1) is 0 Å². The second-order valence-corrected chi connectivity index (χ2v) is 8.10. The molecule has 0 aliphatic carbocycles. The number of benzene rings is 2. The van der Waals surface area contributed by atoms with Crippen LogP contribution in [0.5, 0.6) is 11.5 Å². The highest BCUT2D eigenvalue weighted by Crippen LogP contribution is 2.29. The molecule has 3 aromatic rings. The highest BCUT2D eigenvalue weighted by molar-refractivity contribution is 5.76. The van der Waals surface area contributed by atoms with Gasteiger partial charge in [-0.15, -0.1) is 0 Å². The Morgan fingerprint density at radius 3 is 2.24 bits per heavy atom. The van der Waals surface area contributed by atoms with Crippen molar-refractivity contribution in [2.24, 2.45) is 14.1 Å². The van der Waals surface area contributed by atoms with Crippen molar-refractivity contribution in [2.45, 2.75) is 39.5 Å².